The predicted molar refractivity (Wildman–Crippen MR) is 102 cm³/mol. The molecule has 3 nitrogen and oxygen atoms in total. The first-order chi connectivity index (χ1) is 11.7. The van der Waals surface area contributed by atoms with Crippen LogP contribution in [-0.4, -0.2) is 22.5 Å². The van der Waals surface area contributed by atoms with Gasteiger partial charge in [-0.05, 0) is 48.9 Å². The van der Waals surface area contributed by atoms with Crippen LogP contribution in [0.1, 0.15) is 24.5 Å². The van der Waals surface area contributed by atoms with Crippen LogP contribution in [0.3, 0.4) is 0 Å². The summed E-state index contributed by atoms with van der Waals surface area (Å²) in [7, 11) is 0. The summed E-state index contributed by atoms with van der Waals surface area (Å²) in [6, 6.07) is 17.9. The fourth-order valence-corrected chi connectivity index (χ4v) is 3.56. The minimum absolute atomic E-state index is 0.0398. The molecule has 4 heteroatoms. The molecular weight excluding hydrogens is 316 g/mol. The van der Waals surface area contributed by atoms with E-state index in [0.717, 1.165) is 27.7 Å². The maximum absolute atomic E-state index is 12.7. The highest BCUT2D eigenvalue weighted by molar-refractivity contribution is 8.18. The van der Waals surface area contributed by atoms with Crippen molar-refractivity contribution in [2.24, 2.45) is 4.99 Å². The summed E-state index contributed by atoms with van der Waals surface area (Å²) in [5, 5.41) is 0.756. The molecule has 0 saturated carbocycles. The highest BCUT2D eigenvalue weighted by atomic mass is 32.2. The molecule has 0 atom stereocenters. The lowest BCUT2D eigenvalue weighted by molar-refractivity contribution is -0.122. The van der Waals surface area contributed by atoms with Gasteiger partial charge in [-0.2, -0.15) is 0 Å². The SMILES string of the molecule is CCCN1C(=O)/C(=C/c2cccc(C)c2)SC1=Nc1ccccc1. The van der Waals surface area contributed by atoms with E-state index in [0.29, 0.717) is 6.54 Å². The highest BCUT2D eigenvalue weighted by Crippen LogP contribution is 2.34. The number of nitrogens with zero attached hydrogens (tertiary/aromatic N) is 2. The van der Waals surface area contributed by atoms with Gasteiger partial charge in [0.1, 0.15) is 0 Å². The molecule has 3 rings (SSSR count). The fourth-order valence-electron chi connectivity index (χ4n) is 2.54. The van der Waals surface area contributed by atoms with Crippen molar-refractivity contribution in [2.75, 3.05) is 6.54 Å². The van der Waals surface area contributed by atoms with Crippen molar-refractivity contribution >= 4 is 34.6 Å². The molecule has 1 heterocycles. The number of carbonyl (C=O) groups is 1. The molecule has 0 aromatic heterocycles. The van der Waals surface area contributed by atoms with Gasteiger partial charge in [-0.15, -0.1) is 0 Å². The van der Waals surface area contributed by atoms with Crippen molar-refractivity contribution in [1.82, 2.24) is 4.90 Å². The van der Waals surface area contributed by atoms with Crippen molar-refractivity contribution in [3.8, 4) is 0 Å². The molecule has 1 aliphatic rings. The monoisotopic (exact) mass is 336 g/mol. The highest BCUT2D eigenvalue weighted by Gasteiger charge is 2.32. The van der Waals surface area contributed by atoms with Gasteiger partial charge in [0.15, 0.2) is 5.17 Å². The van der Waals surface area contributed by atoms with E-state index in [-0.39, 0.29) is 5.91 Å². The van der Waals surface area contributed by atoms with Crippen LogP contribution in [0.25, 0.3) is 6.08 Å². The van der Waals surface area contributed by atoms with Crippen molar-refractivity contribution in [3.05, 3.63) is 70.6 Å². The normalized spacial score (nSPS) is 17.9. The number of thioether (sulfide) groups is 1. The number of aliphatic imine (C=N–C) groups is 1. The van der Waals surface area contributed by atoms with Crippen LogP contribution in [0.15, 0.2) is 64.5 Å². The van der Waals surface area contributed by atoms with Crippen LogP contribution in [0.2, 0.25) is 0 Å². The number of para-hydroxylation sites is 1. The quantitative estimate of drug-likeness (QED) is 0.735. The van der Waals surface area contributed by atoms with Crippen molar-refractivity contribution < 1.29 is 4.79 Å². The Morgan fingerprint density at radius 2 is 1.92 bits per heavy atom. The molecule has 0 radical (unpaired) electrons. The van der Waals surface area contributed by atoms with Crippen LogP contribution in [0.4, 0.5) is 5.69 Å². The fraction of sp³-hybridized carbons (Fsp3) is 0.200. The summed E-state index contributed by atoms with van der Waals surface area (Å²) in [6.07, 6.45) is 2.86. The molecule has 0 aliphatic carbocycles. The third-order valence-electron chi connectivity index (χ3n) is 3.66. The molecule has 1 aliphatic heterocycles. The van der Waals surface area contributed by atoms with Gasteiger partial charge in [0.2, 0.25) is 0 Å². The number of carbonyl (C=O) groups excluding carboxylic acids is 1. The number of aryl methyl sites for hydroxylation is 1. The minimum atomic E-state index is 0.0398. The van der Waals surface area contributed by atoms with Crippen LogP contribution in [0.5, 0.6) is 0 Å². The van der Waals surface area contributed by atoms with E-state index in [9.17, 15) is 4.79 Å². The zero-order valence-electron chi connectivity index (χ0n) is 13.9. The average Bonchev–Trinajstić information content (AvgIpc) is 2.85. The third-order valence-corrected chi connectivity index (χ3v) is 4.66. The number of rotatable bonds is 4. The number of hydrogen-bond acceptors (Lipinski definition) is 3. The van der Waals surface area contributed by atoms with Gasteiger partial charge in [0, 0.05) is 6.54 Å². The summed E-state index contributed by atoms with van der Waals surface area (Å²) < 4.78 is 0. The van der Waals surface area contributed by atoms with Crippen LogP contribution < -0.4 is 0 Å². The standard InChI is InChI=1S/C20H20N2OS/c1-3-12-22-19(23)18(14-16-9-7-8-15(2)13-16)24-20(22)21-17-10-5-4-6-11-17/h4-11,13-14H,3,12H2,1-2H3/b18-14-,21-20?. The largest absolute Gasteiger partial charge is 0.286 e. The van der Waals surface area contributed by atoms with E-state index in [1.165, 1.54) is 17.3 Å². The first-order valence-electron chi connectivity index (χ1n) is 8.09. The number of amides is 1. The molecule has 1 fully saturated rings. The second kappa shape index (κ2) is 7.49. The third kappa shape index (κ3) is 3.77. The Morgan fingerprint density at radius 1 is 1.12 bits per heavy atom. The van der Waals surface area contributed by atoms with E-state index < -0.39 is 0 Å². The van der Waals surface area contributed by atoms with E-state index in [1.54, 1.807) is 4.90 Å². The topological polar surface area (TPSA) is 32.7 Å². The zero-order chi connectivity index (χ0) is 16.9. The van der Waals surface area contributed by atoms with Gasteiger partial charge in [-0.1, -0.05) is 55.0 Å². The molecular formula is C20H20N2OS. The Kier molecular flexibility index (Phi) is 5.16. The molecule has 0 N–H and O–H groups in total. The molecule has 2 aromatic carbocycles. The van der Waals surface area contributed by atoms with Gasteiger partial charge in [0.05, 0.1) is 10.6 Å². The molecule has 0 spiro atoms. The Morgan fingerprint density at radius 3 is 2.62 bits per heavy atom. The molecule has 1 saturated heterocycles. The summed E-state index contributed by atoms with van der Waals surface area (Å²) >= 11 is 1.45. The molecule has 122 valence electrons. The first-order valence-corrected chi connectivity index (χ1v) is 8.91. The maximum atomic E-state index is 12.7. The van der Waals surface area contributed by atoms with Gasteiger partial charge in [-0.3, -0.25) is 9.69 Å². The van der Waals surface area contributed by atoms with E-state index >= 15 is 0 Å². The van der Waals surface area contributed by atoms with E-state index in [2.05, 4.69) is 31.0 Å². The molecule has 24 heavy (non-hydrogen) atoms. The Bertz CT molecular complexity index is 796. The minimum Gasteiger partial charge on any atom is -0.286 e. The second-order valence-corrected chi connectivity index (χ2v) is 6.72. The zero-order valence-corrected chi connectivity index (χ0v) is 14.7. The predicted octanol–water partition coefficient (Wildman–Crippen LogP) is 5.01. The summed E-state index contributed by atoms with van der Waals surface area (Å²) in [6.45, 7) is 4.81. The second-order valence-electron chi connectivity index (χ2n) is 5.71. The van der Waals surface area contributed by atoms with Crippen LogP contribution >= 0.6 is 11.8 Å². The van der Waals surface area contributed by atoms with Gasteiger partial charge in [-0.25, -0.2) is 4.99 Å². The number of hydrogen-bond donors (Lipinski definition) is 0. The molecule has 1 amide bonds. The first kappa shape index (κ1) is 16.5. The molecule has 0 unspecified atom stereocenters. The lowest BCUT2D eigenvalue weighted by atomic mass is 10.1. The maximum Gasteiger partial charge on any atom is 0.266 e. The van der Waals surface area contributed by atoms with E-state index in [4.69, 9.17) is 0 Å². The van der Waals surface area contributed by atoms with Crippen molar-refractivity contribution in [3.63, 3.8) is 0 Å². The van der Waals surface area contributed by atoms with Crippen molar-refractivity contribution in [2.45, 2.75) is 20.3 Å². The Hall–Kier alpha value is -2.33. The average molecular weight is 336 g/mol. The summed E-state index contributed by atoms with van der Waals surface area (Å²) in [5.41, 5.74) is 3.09. The van der Waals surface area contributed by atoms with Crippen LogP contribution in [0, 0.1) is 6.92 Å². The number of benzene rings is 2. The summed E-state index contributed by atoms with van der Waals surface area (Å²) in [4.78, 5) is 19.9. The molecule has 0 bridgehead atoms. The summed E-state index contributed by atoms with van der Waals surface area (Å²) in [5.74, 6) is 0.0398. The lowest BCUT2D eigenvalue weighted by Gasteiger charge is -2.13. The van der Waals surface area contributed by atoms with Crippen LogP contribution in [-0.2, 0) is 4.79 Å². The van der Waals surface area contributed by atoms with Gasteiger partial charge >= 0.3 is 0 Å². The Labute approximate surface area is 147 Å². The van der Waals surface area contributed by atoms with Gasteiger partial charge in [0.25, 0.3) is 5.91 Å². The molecule has 2 aromatic rings. The smallest absolute Gasteiger partial charge is 0.266 e. The van der Waals surface area contributed by atoms with Gasteiger partial charge < -0.3 is 0 Å². The Balaban J connectivity index is 1.94. The van der Waals surface area contributed by atoms with E-state index in [1.807, 2.05) is 48.5 Å². The number of amidine groups is 1. The lowest BCUT2D eigenvalue weighted by Crippen LogP contribution is -2.29. The van der Waals surface area contributed by atoms with Crippen molar-refractivity contribution in [1.29, 1.82) is 0 Å².